The predicted molar refractivity (Wildman–Crippen MR) is 77.3 cm³/mol. The summed E-state index contributed by atoms with van der Waals surface area (Å²) in [5, 5.41) is 9.50. The Kier molecular flexibility index (Phi) is 4.80. The molecule has 21 heavy (non-hydrogen) atoms. The van der Waals surface area contributed by atoms with E-state index in [2.05, 4.69) is 14.7 Å². The average Bonchev–Trinajstić information content (AvgIpc) is 3.26. The minimum Gasteiger partial charge on any atom is -0.506 e. The van der Waals surface area contributed by atoms with Gasteiger partial charge in [0.05, 0.1) is 18.7 Å². The quantitative estimate of drug-likeness (QED) is 0.302. The van der Waals surface area contributed by atoms with Crippen LogP contribution in [0.2, 0.25) is 10.3 Å². The Hall–Kier alpha value is -1.66. The van der Waals surface area contributed by atoms with Gasteiger partial charge in [-0.3, -0.25) is 4.99 Å². The fourth-order valence-corrected chi connectivity index (χ4v) is 1.89. The van der Waals surface area contributed by atoms with E-state index in [4.69, 9.17) is 23.2 Å². The molecule has 1 N–H and O–H groups in total. The second-order valence-corrected chi connectivity index (χ2v) is 5.08. The number of hydrogen-bond acceptors (Lipinski definition) is 5. The van der Waals surface area contributed by atoms with E-state index in [1.165, 1.54) is 6.21 Å². The molecule has 1 aromatic heterocycles. The van der Waals surface area contributed by atoms with Gasteiger partial charge in [0.15, 0.2) is 11.0 Å². The number of carbonyl (C=O) groups is 1. The summed E-state index contributed by atoms with van der Waals surface area (Å²) in [4.78, 5) is 19.3. The number of methoxy groups -OCH3 is 1. The number of halogens is 3. The van der Waals surface area contributed by atoms with E-state index in [1.54, 1.807) is 0 Å². The van der Waals surface area contributed by atoms with Gasteiger partial charge in [-0.15, -0.1) is 0 Å². The van der Waals surface area contributed by atoms with Gasteiger partial charge in [0.25, 0.3) is 0 Å². The maximum absolute atomic E-state index is 13.5. The molecule has 2 rings (SSSR count). The van der Waals surface area contributed by atoms with Crippen molar-refractivity contribution in [2.75, 3.05) is 7.11 Å². The normalized spacial score (nSPS) is 16.0. The molecule has 1 fully saturated rings. The highest BCUT2D eigenvalue weighted by molar-refractivity contribution is 6.34. The number of aromatic nitrogens is 1. The van der Waals surface area contributed by atoms with Gasteiger partial charge in [-0.2, -0.15) is 0 Å². The molecule has 0 amide bonds. The van der Waals surface area contributed by atoms with Crippen molar-refractivity contribution in [3.63, 3.8) is 0 Å². The average molecular weight is 333 g/mol. The zero-order chi connectivity index (χ0) is 15.6. The molecule has 1 heterocycles. The standard InChI is InChI=1S/C13H11Cl2FN2O3/c1-21-13(20)8(5-17-6-2-3-6)10(19)7-4-9(16)12(15)18-11(7)14/h4-6,19H,2-3H2,1H3. The van der Waals surface area contributed by atoms with Crippen LogP contribution in [0, 0.1) is 5.82 Å². The van der Waals surface area contributed by atoms with Crippen LogP contribution >= 0.6 is 23.2 Å². The lowest BCUT2D eigenvalue weighted by atomic mass is 10.1. The Morgan fingerprint density at radius 2 is 2.19 bits per heavy atom. The lowest BCUT2D eigenvalue weighted by Crippen LogP contribution is -2.10. The lowest BCUT2D eigenvalue weighted by Gasteiger charge is -2.07. The van der Waals surface area contributed by atoms with Crippen molar-refractivity contribution in [3.8, 4) is 0 Å². The topological polar surface area (TPSA) is 71.8 Å². The molecular weight excluding hydrogens is 322 g/mol. The highest BCUT2D eigenvalue weighted by Crippen LogP contribution is 2.28. The van der Waals surface area contributed by atoms with Crippen molar-refractivity contribution >= 4 is 41.1 Å². The van der Waals surface area contributed by atoms with Gasteiger partial charge < -0.3 is 9.84 Å². The van der Waals surface area contributed by atoms with Crippen LogP contribution in [0.25, 0.3) is 5.76 Å². The number of hydrogen-bond donors (Lipinski definition) is 1. The molecule has 0 aliphatic heterocycles. The minimum absolute atomic E-state index is 0.132. The third kappa shape index (κ3) is 3.71. The smallest absolute Gasteiger partial charge is 0.343 e. The van der Waals surface area contributed by atoms with Gasteiger partial charge in [-0.1, -0.05) is 23.2 Å². The van der Waals surface area contributed by atoms with Gasteiger partial charge in [-0.25, -0.2) is 14.2 Å². The van der Waals surface area contributed by atoms with E-state index >= 15 is 0 Å². The monoisotopic (exact) mass is 332 g/mol. The van der Waals surface area contributed by atoms with Crippen molar-refractivity contribution in [1.82, 2.24) is 4.98 Å². The van der Waals surface area contributed by atoms with Crippen molar-refractivity contribution in [1.29, 1.82) is 0 Å². The van der Waals surface area contributed by atoms with Crippen LogP contribution in [0.3, 0.4) is 0 Å². The molecule has 0 spiro atoms. The number of ether oxygens (including phenoxy) is 1. The number of rotatable bonds is 4. The van der Waals surface area contributed by atoms with Crippen LogP contribution in [0.5, 0.6) is 0 Å². The summed E-state index contributed by atoms with van der Waals surface area (Å²) in [6.45, 7) is 0. The summed E-state index contributed by atoms with van der Waals surface area (Å²) < 4.78 is 18.0. The molecular formula is C13H11Cl2FN2O3. The molecule has 1 aliphatic carbocycles. The predicted octanol–water partition coefficient (Wildman–Crippen LogP) is 3.20. The first kappa shape index (κ1) is 15.7. The van der Waals surface area contributed by atoms with Crippen LogP contribution in [-0.4, -0.2) is 35.4 Å². The SMILES string of the molecule is COC(=O)C(C=NC1CC1)=C(O)c1cc(F)c(Cl)nc1Cl. The Labute approximate surface area is 130 Å². The molecule has 0 radical (unpaired) electrons. The van der Waals surface area contributed by atoms with E-state index in [-0.39, 0.29) is 22.3 Å². The Balaban J connectivity index is 2.49. The summed E-state index contributed by atoms with van der Waals surface area (Å²) in [6.07, 6.45) is 3.04. The summed E-state index contributed by atoms with van der Waals surface area (Å²) in [5.74, 6) is -2.26. The highest BCUT2D eigenvalue weighted by Gasteiger charge is 2.23. The number of nitrogens with zero attached hydrogens (tertiary/aromatic N) is 2. The van der Waals surface area contributed by atoms with E-state index < -0.39 is 22.7 Å². The minimum atomic E-state index is -0.869. The van der Waals surface area contributed by atoms with E-state index in [1.807, 2.05) is 0 Å². The molecule has 1 saturated carbocycles. The van der Waals surface area contributed by atoms with Crippen LogP contribution in [-0.2, 0) is 9.53 Å². The Morgan fingerprint density at radius 1 is 1.52 bits per heavy atom. The molecule has 0 unspecified atom stereocenters. The molecule has 0 saturated heterocycles. The van der Waals surface area contributed by atoms with Crippen molar-refractivity contribution in [2.45, 2.75) is 18.9 Å². The van der Waals surface area contributed by atoms with E-state index in [0.717, 1.165) is 26.0 Å². The zero-order valence-corrected chi connectivity index (χ0v) is 12.5. The molecule has 1 aromatic rings. The van der Waals surface area contributed by atoms with Crippen LogP contribution in [0.15, 0.2) is 16.6 Å². The fourth-order valence-electron chi connectivity index (χ4n) is 1.48. The molecule has 0 aromatic carbocycles. The Bertz CT molecular complexity index is 643. The fraction of sp³-hybridized carbons (Fsp3) is 0.308. The van der Waals surface area contributed by atoms with E-state index in [0.29, 0.717) is 0 Å². The zero-order valence-electron chi connectivity index (χ0n) is 10.9. The van der Waals surface area contributed by atoms with Crippen LogP contribution in [0.4, 0.5) is 4.39 Å². The maximum Gasteiger partial charge on any atom is 0.343 e. The first-order chi connectivity index (χ1) is 9.93. The second kappa shape index (κ2) is 6.41. The van der Waals surface area contributed by atoms with Crippen molar-refractivity contribution in [2.24, 2.45) is 4.99 Å². The van der Waals surface area contributed by atoms with Gasteiger partial charge in [0.1, 0.15) is 16.5 Å². The first-order valence-corrected chi connectivity index (χ1v) is 6.76. The highest BCUT2D eigenvalue weighted by atomic mass is 35.5. The summed E-state index contributed by atoms with van der Waals surface area (Å²) >= 11 is 11.3. The second-order valence-electron chi connectivity index (χ2n) is 4.36. The number of aliphatic hydroxyl groups excluding tert-OH is 1. The molecule has 0 atom stereocenters. The first-order valence-electron chi connectivity index (χ1n) is 6.00. The molecule has 8 heteroatoms. The molecule has 112 valence electrons. The van der Waals surface area contributed by atoms with Crippen LogP contribution in [0.1, 0.15) is 18.4 Å². The van der Waals surface area contributed by atoms with Crippen molar-refractivity contribution < 1.29 is 19.0 Å². The lowest BCUT2D eigenvalue weighted by molar-refractivity contribution is -0.135. The Morgan fingerprint density at radius 3 is 2.76 bits per heavy atom. The number of pyridine rings is 1. The molecule has 5 nitrogen and oxygen atoms in total. The number of aliphatic imine (C=N–C) groups is 1. The third-order valence-electron chi connectivity index (χ3n) is 2.76. The third-order valence-corrected chi connectivity index (χ3v) is 3.32. The summed E-state index contributed by atoms with van der Waals surface area (Å²) in [5.41, 5.74) is -0.393. The van der Waals surface area contributed by atoms with Gasteiger partial charge in [-0.05, 0) is 18.9 Å². The molecule has 1 aliphatic rings. The van der Waals surface area contributed by atoms with E-state index in [9.17, 15) is 14.3 Å². The van der Waals surface area contributed by atoms with Gasteiger partial charge >= 0.3 is 5.97 Å². The van der Waals surface area contributed by atoms with Crippen LogP contribution < -0.4 is 0 Å². The largest absolute Gasteiger partial charge is 0.506 e. The van der Waals surface area contributed by atoms with Gasteiger partial charge in [0, 0.05) is 6.21 Å². The maximum atomic E-state index is 13.5. The number of aliphatic hydroxyl groups is 1. The summed E-state index contributed by atoms with van der Waals surface area (Å²) in [7, 11) is 1.16. The summed E-state index contributed by atoms with van der Waals surface area (Å²) in [6, 6.07) is 1.02. The van der Waals surface area contributed by atoms with Gasteiger partial charge in [0.2, 0.25) is 0 Å². The molecule has 0 bridgehead atoms. The number of carbonyl (C=O) groups excluding carboxylic acids is 1. The van der Waals surface area contributed by atoms with Crippen molar-refractivity contribution in [3.05, 3.63) is 33.3 Å². The number of esters is 1.